The minimum Gasteiger partial charge on any atom is -0.396 e. The van der Waals surface area contributed by atoms with Crippen LogP contribution in [0.25, 0.3) is 0 Å². The van der Waals surface area contributed by atoms with Crippen LogP contribution < -0.4 is 11.1 Å². The fourth-order valence-electron chi connectivity index (χ4n) is 1.79. The molecule has 0 fully saturated rings. The normalized spacial score (nSPS) is 12.7. The van der Waals surface area contributed by atoms with Crippen LogP contribution in [0.4, 0.5) is 4.39 Å². The minimum absolute atomic E-state index is 0.0517. The molecule has 18 heavy (non-hydrogen) atoms. The maximum atomic E-state index is 13.2. The summed E-state index contributed by atoms with van der Waals surface area (Å²) < 4.78 is 14.1. The van der Waals surface area contributed by atoms with E-state index in [1.165, 1.54) is 12.1 Å². The topological polar surface area (TPSA) is 58.3 Å². The molecule has 0 aliphatic heterocycles. The van der Waals surface area contributed by atoms with Crippen molar-refractivity contribution in [3.05, 3.63) is 34.1 Å². The van der Waals surface area contributed by atoms with Crippen LogP contribution in [0.1, 0.15) is 30.9 Å². The van der Waals surface area contributed by atoms with Gasteiger partial charge in [-0.05, 0) is 49.6 Å². The Bertz CT molecular complexity index is 363. The van der Waals surface area contributed by atoms with Crippen LogP contribution in [0.2, 0.25) is 0 Å². The second-order valence-electron chi connectivity index (χ2n) is 4.19. The Labute approximate surface area is 116 Å². The summed E-state index contributed by atoms with van der Waals surface area (Å²) in [6.45, 7) is 1.46. The van der Waals surface area contributed by atoms with Gasteiger partial charge in [0, 0.05) is 23.7 Å². The molecule has 0 spiro atoms. The van der Waals surface area contributed by atoms with Crippen LogP contribution in [-0.2, 0) is 0 Å². The van der Waals surface area contributed by atoms with Crippen molar-refractivity contribution in [2.45, 2.75) is 25.3 Å². The first kappa shape index (κ1) is 15.6. The Morgan fingerprint density at radius 2 is 2.11 bits per heavy atom. The van der Waals surface area contributed by atoms with Gasteiger partial charge in [0.05, 0.1) is 0 Å². The summed E-state index contributed by atoms with van der Waals surface area (Å²) in [5.74, 6) is -0.256. The Balaban J connectivity index is 2.52. The standard InChI is InChI=1S/C13H20BrFN2O/c14-12-5-4-10(15)8-11(12)13(9-16)17-6-2-1-3-7-18/h4-5,8,13,17-18H,1-3,6-7,9,16H2. The lowest BCUT2D eigenvalue weighted by atomic mass is 10.1. The van der Waals surface area contributed by atoms with Crippen molar-refractivity contribution in [2.24, 2.45) is 5.73 Å². The zero-order valence-electron chi connectivity index (χ0n) is 10.3. The van der Waals surface area contributed by atoms with E-state index < -0.39 is 0 Å². The number of aliphatic hydroxyl groups excluding tert-OH is 1. The van der Waals surface area contributed by atoms with Crippen LogP contribution in [0.3, 0.4) is 0 Å². The van der Waals surface area contributed by atoms with Crippen LogP contribution in [0, 0.1) is 5.82 Å². The van der Waals surface area contributed by atoms with E-state index in [0.29, 0.717) is 6.54 Å². The lowest BCUT2D eigenvalue weighted by molar-refractivity contribution is 0.282. The highest BCUT2D eigenvalue weighted by molar-refractivity contribution is 9.10. The second-order valence-corrected chi connectivity index (χ2v) is 5.05. The summed E-state index contributed by atoms with van der Waals surface area (Å²) >= 11 is 3.41. The lowest BCUT2D eigenvalue weighted by Gasteiger charge is -2.18. The van der Waals surface area contributed by atoms with E-state index in [9.17, 15) is 4.39 Å². The molecular weight excluding hydrogens is 299 g/mol. The highest BCUT2D eigenvalue weighted by Crippen LogP contribution is 2.23. The molecule has 4 N–H and O–H groups in total. The van der Waals surface area contributed by atoms with Gasteiger partial charge >= 0.3 is 0 Å². The molecule has 1 unspecified atom stereocenters. The number of halogens is 2. The zero-order chi connectivity index (χ0) is 13.4. The minimum atomic E-state index is -0.256. The van der Waals surface area contributed by atoms with Gasteiger partial charge in [-0.25, -0.2) is 4.39 Å². The highest BCUT2D eigenvalue weighted by atomic mass is 79.9. The van der Waals surface area contributed by atoms with E-state index in [1.54, 1.807) is 6.07 Å². The van der Waals surface area contributed by atoms with Crippen LogP contribution in [0.15, 0.2) is 22.7 Å². The summed E-state index contributed by atoms with van der Waals surface area (Å²) in [6, 6.07) is 4.56. The number of hydrogen-bond donors (Lipinski definition) is 3. The van der Waals surface area contributed by atoms with Crippen molar-refractivity contribution in [3.63, 3.8) is 0 Å². The largest absolute Gasteiger partial charge is 0.396 e. The number of benzene rings is 1. The summed E-state index contributed by atoms with van der Waals surface area (Å²) in [7, 11) is 0. The van der Waals surface area contributed by atoms with Gasteiger partial charge in [0.1, 0.15) is 5.82 Å². The Kier molecular flexibility index (Phi) is 7.42. The average molecular weight is 319 g/mol. The van der Waals surface area contributed by atoms with E-state index >= 15 is 0 Å². The van der Waals surface area contributed by atoms with Gasteiger partial charge < -0.3 is 16.2 Å². The number of aliphatic hydroxyl groups is 1. The first-order chi connectivity index (χ1) is 8.69. The zero-order valence-corrected chi connectivity index (χ0v) is 11.9. The molecule has 0 aliphatic carbocycles. The number of nitrogens with one attached hydrogen (secondary N) is 1. The fourth-order valence-corrected chi connectivity index (χ4v) is 2.31. The molecule has 0 bridgehead atoms. The van der Waals surface area contributed by atoms with Crippen molar-refractivity contribution in [2.75, 3.05) is 19.7 Å². The Hall–Kier alpha value is -0.490. The molecule has 102 valence electrons. The maximum Gasteiger partial charge on any atom is 0.123 e. The molecule has 0 aromatic heterocycles. The second kappa shape index (κ2) is 8.58. The third kappa shape index (κ3) is 5.02. The Morgan fingerprint density at radius 3 is 2.78 bits per heavy atom. The number of nitrogens with two attached hydrogens (primary N) is 1. The monoisotopic (exact) mass is 318 g/mol. The third-order valence-corrected chi connectivity index (χ3v) is 3.52. The van der Waals surface area contributed by atoms with Crippen molar-refractivity contribution in [1.29, 1.82) is 0 Å². The van der Waals surface area contributed by atoms with Gasteiger partial charge in [-0.1, -0.05) is 15.9 Å². The summed E-state index contributed by atoms with van der Waals surface area (Å²) in [6.07, 6.45) is 2.77. The summed E-state index contributed by atoms with van der Waals surface area (Å²) in [4.78, 5) is 0. The molecule has 0 heterocycles. The first-order valence-electron chi connectivity index (χ1n) is 6.18. The van der Waals surface area contributed by atoms with Crippen molar-refractivity contribution in [3.8, 4) is 0 Å². The summed E-state index contributed by atoms with van der Waals surface area (Å²) in [5.41, 5.74) is 6.57. The van der Waals surface area contributed by atoms with Gasteiger partial charge in [-0.15, -0.1) is 0 Å². The molecule has 1 aromatic carbocycles. The maximum absolute atomic E-state index is 13.2. The molecular formula is C13H20BrFN2O. The van der Waals surface area contributed by atoms with E-state index in [1.807, 2.05) is 0 Å². The van der Waals surface area contributed by atoms with Gasteiger partial charge in [0.25, 0.3) is 0 Å². The molecule has 0 aliphatic rings. The van der Waals surface area contributed by atoms with E-state index in [2.05, 4.69) is 21.2 Å². The third-order valence-electron chi connectivity index (χ3n) is 2.79. The molecule has 1 rings (SSSR count). The van der Waals surface area contributed by atoms with Gasteiger partial charge in [0.15, 0.2) is 0 Å². The molecule has 1 aromatic rings. The number of unbranched alkanes of at least 4 members (excludes halogenated alkanes) is 2. The van der Waals surface area contributed by atoms with Crippen LogP contribution in [0.5, 0.6) is 0 Å². The van der Waals surface area contributed by atoms with Crippen molar-refractivity contribution >= 4 is 15.9 Å². The first-order valence-corrected chi connectivity index (χ1v) is 6.97. The highest BCUT2D eigenvalue weighted by Gasteiger charge is 2.12. The number of rotatable bonds is 8. The average Bonchev–Trinajstić information content (AvgIpc) is 2.37. The fraction of sp³-hybridized carbons (Fsp3) is 0.538. The summed E-state index contributed by atoms with van der Waals surface area (Å²) in [5, 5.41) is 12.0. The molecule has 0 saturated heterocycles. The molecule has 0 saturated carbocycles. The SMILES string of the molecule is NCC(NCCCCCO)c1cc(F)ccc1Br. The van der Waals surface area contributed by atoms with Gasteiger partial charge in [-0.3, -0.25) is 0 Å². The lowest BCUT2D eigenvalue weighted by Crippen LogP contribution is -2.29. The molecule has 5 heteroatoms. The van der Waals surface area contributed by atoms with Crippen LogP contribution >= 0.6 is 15.9 Å². The molecule has 0 radical (unpaired) electrons. The van der Waals surface area contributed by atoms with Crippen molar-refractivity contribution in [1.82, 2.24) is 5.32 Å². The van der Waals surface area contributed by atoms with Crippen LogP contribution in [-0.4, -0.2) is 24.8 Å². The predicted octanol–water partition coefficient (Wildman–Crippen LogP) is 2.34. The van der Waals surface area contributed by atoms with Gasteiger partial charge in [-0.2, -0.15) is 0 Å². The predicted molar refractivity (Wildman–Crippen MR) is 74.8 cm³/mol. The molecule has 1 atom stereocenters. The van der Waals surface area contributed by atoms with E-state index in [-0.39, 0.29) is 18.5 Å². The smallest absolute Gasteiger partial charge is 0.123 e. The van der Waals surface area contributed by atoms with E-state index in [4.69, 9.17) is 10.8 Å². The quantitative estimate of drug-likeness (QED) is 0.645. The molecule has 3 nitrogen and oxygen atoms in total. The van der Waals surface area contributed by atoms with Gasteiger partial charge in [0.2, 0.25) is 0 Å². The molecule has 0 amide bonds. The Morgan fingerprint density at radius 1 is 1.33 bits per heavy atom. The van der Waals surface area contributed by atoms with Crippen molar-refractivity contribution < 1.29 is 9.50 Å². The number of hydrogen-bond acceptors (Lipinski definition) is 3. The van der Waals surface area contributed by atoms with E-state index in [0.717, 1.165) is 35.8 Å².